The van der Waals surface area contributed by atoms with Crippen LogP contribution in [0.2, 0.25) is 0 Å². The molecule has 1 aliphatic heterocycles. The molecule has 0 amide bonds. The Kier molecular flexibility index (Phi) is 6.85. The first-order valence-corrected chi connectivity index (χ1v) is 18.2. The molecule has 1 atom stereocenters. The van der Waals surface area contributed by atoms with Crippen LogP contribution in [-0.4, -0.2) is 11.7 Å². The Balaban J connectivity index is 1.04. The minimum absolute atomic E-state index is 0.391. The number of nitrogens with one attached hydrogen (secondary N) is 1. The van der Waals surface area contributed by atoms with Gasteiger partial charge in [0.25, 0.3) is 0 Å². The number of fused-ring (bicyclic) bond motifs is 7. The first kappa shape index (κ1) is 30.4. The average molecular weight is 694 g/mol. The Morgan fingerprint density at radius 3 is 2.09 bits per heavy atom. The third-order valence-corrected chi connectivity index (χ3v) is 10.5. The summed E-state index contributed by atoms with van der Waals surface area (Å²) in [5, 5.41) is 10.4. The van der Waals surface area contributed by atoms with Crippen molar-refractivity contribution >= 4 is 66.3 Å². The monoisotopic (exact) mass is 693 g/mol. The van der Waals surface area contributed by atoms with Gasteiger partial charge in [0, 0.05) is 38.2 Å². The second kappa shape index (κ2) is 12.2. The predicted molar refractivity (Wildman–Crippen MR) is 221 cm³/mol. The van der Waals surface area contributed by atoms with Gasteiger partial charge >= 0.3 is 0 Å². The minimum Gasteiger partial charge on any atom is -0.456 e. The summed E-state index contributed by atoms with van der Waals surface area (Å²) >= 11 is 0. The summed E-state index contributed by atoms with van der Waals surface area (Å²) in [5.41, 5.74) is 10.9. The van der Waals surface area contributed by atoms with Crippen LogP contribution >= 0.6 is 0 Å². The summed E-state index contributed by atoms with van der Waals surface area (Å²) in [6, 6.07) is 61.1. The van der Waals surface area contributed by atoms with Gasteiger partial charge < -0.3 is 14.2 Å². The Labute approximate surface area is 310 Å². The fourth-order valence-electron chi connectivity index (χ4n) is 7.85. The molecule has 1 aliphatic rings. The van der Waals surface area contributed by atoms with Gasteiger partial charge in [-0.05, 0) is 75.5 Å². The van der Waals surface area contributed by atoms with E-state index in [0.717, 1.165) is 88.5 Å². The zero-order chi connectivity index (χ0) is 35.6. The summed E-state index contributed by atoms with van der Waals surface area (Å²) in [7, 11) is 0. The molecular formula is C49H31N3O2. The fraction of sp³-hybridized carbons (Fsp3) is 0.0204. The van der Waals surface area contributed by atoms with Crippen LogP contribution in [0.1, 0.15) is 22.9 Å². The molecule has 2 aromatic heterocycles. The molecule has 1 N–H and O–H groups in total. The molecule has 5 heteroatoms. The number of hydrogen-bond acceptors (Lipinski definition) is 5. The molecule has 254 valence electrons. The van der Waals surface area contributed by atoms with Crippen molar-refractivity contribution in [2.75, 3.05) is 0 Å². The topological polar surface area (TPSA) is 63.0 Å². The van der Waals surface area contributed by atoms with E-state index >= 15 is 0 Å². The number of hydrogen-bond donors (Lipinski definition) is 1. The highest BCUT2D eigenvalue weighted by Crippen LogP contribution is 2.39. The molecule has 0 radical (unpaired) electrons. The van der Waals surface area contributed by atoms with Crippen molar-refractivity contribution in [2.45, 2.75) is 6.17 Å². The van der Waals surface area contributed by atoms with Crippen LogP contribution in [0.25, 0.3) is 76.9 Å². The van der Waals surface area contributed by atoms with E-state index in [2.05, 4.69) is 151 Å². The van der Waals surface area contributed by atoms with Crippen LogP contribution in [0, 0.1) is 0 Å². The lowest BCUT2D eigenvalue weighted by Gasteiger charge is -2.24. The third kappa shape index (κ3) is 5.09. The Morgan fingerprint density at radius 1 is 0.426 bits per heavy atom. The van der Waals surface area contributed by atoms with Gasteiger partial charge in [-0.15, -0.1) is 0 Å². The Bertz CT molecular complexity index is 3150. The number of aliphatic imine (C=N–C) groups is 2. The lowest BCUT2D eigenvalue weighted by Crippen LogP contribution is -2.33. The molecule has 0 spiro atoms. The highest BCUT2D eigenvalue weighted by molar-refractivity contribution is 6.16. The number of para-hydroxylation sites is 1. The fourth-order valence-corrected chi connectivity index (χ4v) is 7.85. The molecule has 0 saturated heterocycles. The first-order valence-electron chi connectivity index (χ1n) is 18.2. The maximum atomic E-state index is 6.40. The second-order valence-electron chi connectivity index (χ2n) is 13.8. The van der Waals surface area contributed by atoms with Gasteiger partial charge in [-0.2, -0.15) is 0 Å². The number of benzene rings is 8. The second-order valence-corrected chi connectivity index (χ2v) is 13.8. The van der Waals surface area contributed by atoms with E-state index in [0.29, 0.717) is 5.84 Å². The largest absolute Gasteiger partial charge is 0.456 e. The number of nitrogens with zero attached hydrogens (tertiary/aromatic N) is 2. The molecule has 10 aromatic rings. The molecule has 54 heavy (non-hydrogen) atoms. The zero-order valence-electron chi connectivity index (χ0n) is 29.0. The van der Waals surface area contributed by atoms with E-state index in [-0.39, 0.29) is 0 Å². The maximum absolute atomic E-state index is 6.40. The van der Waals surface area contributed by atoms with Gasteiger partial charge in [0.15, 0.2) is 5.84 Å². The van der Waals surface area contributed by atoms with Crippen LogP contribution in [-0.2, 0) is 0 Å². The van der Waals surface area contributed by atoms with Crippen molar-refractivity contribution in [1.82, 2.24) is 5.32 Å². The number of amidine groups is 2. The molecule has 5 nitrogen and oxygen atoms in total. The predicted octanol–water partition coefficient (Wildman–Crippen LogP) is 12.5. The van der Waals surface area contributed by atoms with Gasteiger partial charge in [-0.3, -0.25) is 0 Å². The normalized spacial score (nSPS) is 14.5. The van der Waals surface area contributed by atoms with Crippen LogP contribution in [0.4, 0.5) is 0 Å². The van der Waals surface area contributed by atoms with Crippen molar-refractivity contribution < 1.29 is 8.83 Å². The first-order chi connectivity index (χ1) is 26.7. The van der Waals surface area contributed by atoms with E-state index < -0.39 is 6.17 Å². The molecule has 3 heterocycles. The van der Waals surface area contributed by atoms with Crippen molar-refractivity contribution in [1.29, 1.82) is 0 Å². The van der Waals surface area contributed by atoms with Gasteiger partial charge in [-0.25, -0.2) is 9.98 Å². The maximum Gasteiger partial charge on any atom is 0.159 e. The Hall–Kier alpha value is -7.24. The van der Waals surface area contributed by atoms with Crippen LogP contribution in [0.15, 0.2) is 195 Å². The molecule has 0 bridgehead atoms. The molecule has 1 unspecified atom stereocenters. The van der Waals surface area contributed by atoms with Crippen molar-refractivity contribution in [2.24, 2.45) is 9.98 Å². The van der Waals surface area contributed by atoms with E-state index in [1.807, 2.05) is 30.3 Å². The standard InChI is InChI=1S/C49H31N3O2/c1-2-10-30(11-3-1)33-23-25-43-41(28-33)46-38(17-9-19-44(46)53-43)34-14-8-15-35(27-34)47-50-48(36-21-20-31-12-4-5-13-32(31)26-36)52-49(51-47)37-22-24-40-39-16-6-7-18-42(39)54-45(40)29-37/h1-29,49H,(H,50,51,52). The zero-order valence-corrected chi connectivity index (χ0v) is 29.0. The molecule has 11 rings (SSSR count). The highest BCUT2D eigenvalue weighted by Gasteiger charge is 2.23. The summed E-state index contributed by atoms with van der Waals surface area (Å²) in [6.45, 7) is 0. The quantitative estimate of drug-likeness (QED) is 0.195. The minimum atomic E-state index is -0.391. The lowest BCUT2D eigenvalue weighted by molar-refractivity contribution is 0.655. The molecular weight excluding hydrogens is 663 g/mol. The highest BCUT2D eigenvalue weighted by atomic mass is 16.3. The summed E-state index contributed by atoms with van der Waals surface area (Å²) in [5.74, 6) is 1.42. The van der Waals surface area contributed by atoms with Crippen LogP contribution in [0.3, 0.4) is 0 Å². The van der Waals surface area contributed by atoms with Crippen LogP contribution < -0.4 is 5.32 Å². The van der Waals surface area contributed by atoms with E-state index in [4.69, 9.17) is 18.8 Å². The molecule has 8 aromatic carbocycles. The summed E-state index contributed by atoms with van der Waals surface area (Å²) in [6.07, 6.45) is -0.391. The SMILES string of the molecule is c1ccc(-c2ccc3oc4cccc(-c5cccc(C6=NC(c7ccc8ccccc8c7)=NC(c7ccc8c(c7)oc7ccccc78)N6)c5)c4c3c2)cc1. The average Bonchev–Trinajstić information content (AvgIpc) is 3.81. The molecule has 0 fully saturated rings. The van der Waals surface area contributed by atoms with E-state index in [9.17, 15) is 0 Å². The van der Waals surface area contributed by atoms with Gasteiger partial charge in [0.1, 0.15) is 34.3 Å². The number of rotatable bonds is 5. The van der Waals surface area contributed by atoms with Gasteiger partial charge in [0.2, 0.25) is 0 Å². The number of furan rings is 2. The van der Waals surface area contributed by atoms with E-state index in [1.165, 1.54) is 10.9 Å². The van der Waals surface area contributed by atoms with Crippen molar-refractivity contribution in [3.63, 3.8) is 0 Å². The van der Waals surface area contributed by atoms with Crippen molar-refractivity contribution in [3.05, 3.63) is 193 Å². The summed E-state index contributed by atoms with van der Waals surface area (Å²) < 4.78 is 12.7. The third-order valence-electron chi connectivity index (χ3n) is 10.5. The van der Waals surface area contributed by atoms with E-state index in [1.54, 1.807) is 0 Å². The molecule has 0 saturated carbocycles. The summed E-state index contributed by atoms with van der Waals surface area (Å²) in [4.78, 5) is 10.4. The Morgan fingerprint density at radius 2 is 1.15 bits per heavy atom. The van der Waals surface area contributed by atoms with Gasteiger partial charge in [0.05, 0.1) is 0 Å². The van der Waals surface area contributed by atoms with Crippen LogP contribution in [0.5, 0.6) is 0 Å². The lowest BCUT2D eigenvalue weighted by atomic mass is 9.96. The smallest absolute Gasteiger partial charge is 0.159 e. The molecule has 0 aliphatic carbocycles. The van der Waals surface area contributed by atoms with Crippen molar-refractivity contribution in [3.8, 4) is 22.3 Å². The van der Waals surface area contributed by atoms with Gasteiger partial charge in [-0.1, -0.05) is 133 Å².